The molecule has 9 heteroatoms. The third kappa shape index (κ3) is 5.85. The quantitative estimate of drug-likeness (QED) is 0.285. The van der Waals surface area contributed by atoms with E-state index in [4.69, 9.17) is 32.7 Å². The SMILES string of the molecule is CCOc1cc(/C=C2\SC(=O)N(Cc3ccc(Cl)cc3Cl)C2=O)ccc1OCc1ccccc1C#N. The molecule has 0 aliphatic carbocycles. The molecule has 0 saturated carbocycles. The van der Waals surface area contributed by atoms with Crippen molar-refractivity contribution in [3.05, 3.63) is 97.9 Å². The number of ether oxygens (including phenoxy) is 2. The highest BCUT2D eigenvalue weighted by atomic mass is 35.5. The monoisotopic (exact) mass is 538 g/mol. The lowest BCUT2D eigenvalue weighted by Crippen LogP contribution is -2.27. The molecule has 0 bridgehead atoms. The molecule has 0 N–H and O–H groups in total. The summed E-state index contributed by atoms with van der Waals surface area (Å²) in [6.45, 7) is 2.52. The van der Waals surface area contributed by atoms with Gasteiger partial charge in [0.1, 0.15) is 6.61 Å². The fraction of sp³-hybridized carbons (Fsp3) is 0.148. The third-order valence-electron chi connectivity index (χ3n) is 5.30. The molecule has 0 aromatic heterocycles. The highest BCUT2D eigenvalue weighted by Crippen LogP contribution is 2.36. The number of carbonyl (C=O) groups is 2. The summed E-state index contributed by atoms with van der Waals surface area (Å²) < 4.78 is 11.7. The molecule has 0 unspecified atom stereocenters. The van der Waals surface area contributed by atoms with Crippen LogP contribution in [0.15, 0.2) is 65.6 Å². The van der Waals surface area contributed by atoms with Crippen LogP contribution in [0.5, 0.6) is 11.5 Å². The average molecular weight is 539 g/mol. The Balaban J connectivity index is 1.52. The molecular formula is C27H20Cl2N2O4S. The number of carbonyl (C=O) groups excluding carboxylic acids is 2. The van der Waals surface area contributed by atoms with Gasteiger partial charge in [0.25, 0.3) is 11.1 Å². The second-order valence-corrected chi connectivity index (χ2v) is 9.54. The topological polar surface area (TPSA) is 79.6 Å². The van der Waals surface area contributed by atoms with Crippen molar-refractivity contribution in [2.45, 2.75) is 20.1 Å². The maximum atomic E-state index is 13.0. The van der Waals surface area contributed by atoms with Gasteiger partial charge in [-0.25, -0.2) is 0 Å². The van der Waals surface area contributed by atoms with E-state index < -0.39 is 5.91 Å². The van der Waals surface area contributed by atoms with E-state index in [1.807, 2.05) is 19.1 Å². The highest BCUT2D eigenvalue weighted by Gasteiger charge is 2.35. The zero-order valence-corrected chi connectivity index (χ0v) is 21.5. The largest absolute Gasteiger partial charge is 0.490 e. The van der Waals surface area contributed by atoms with Crippen LogP contribution in [-0.2, 0) is 17.9 Å². The molecule has 1 fully saturated rings. The van der Waals surface area contributed by atoms with Crippen LogP contribution in [0.25, 0.3) is 6.08 Å². The van der Waals surface area contributed by atoms with Gasteiger partial charge in [-0.05, 0) is 66.2 Å². The van der Waals surface area contributed by atoms with Crippen LogP contribution in [0.2, 0.25) is 10.0 Å². The maximum absolute atomic E-state index is 13.0. The Morgan fingerprint density at radius 3 is 2.56 bits per heavy atom. The Morgan fingerprint density at radius 2 is 1.81 bits per heavy atom. The van der Waals surface area contributed by atoms with Crippen molar-refractivity contribution in [2.24, 2.45) is 0 Å². The molecular weight excluding hydrogens is 519 g/mol. The number of hydrogen-bond donors (Lipinski definition) is 0. The smallest absolute Gasteiger partial charge is 0.293 e. The van der Waals surface area contributed by atoms with Gasteiger partial charge in [-0.15, -0.1) is 0 Å². The van der Waals surface area contributed by atoms with Crippen LogP contribution in [-0.4, -0.2) is 22.7 Å². The second-order valence-electron chi connectivity index (χ2n) is 7.70. The summed E-state index contributed by atoms with van der Waals surface area (Å²) in [4.78, 5) is 27.0. The molecule has 1 heterocycles. The van der Waals surface area contributed by atoms with Crippen LogP contribution in [0.1, 0.15) is 29.2 Å². The van der Waals surface area contributed by atoms with Crippen LogP contribution in [0, 0.1) is 11.3 Å². The molecule has 0 spiro atoms. The maximum Gasteiger partial charge on any atom is 0.293 e. The van der Waals surface area contributed by atoms with Gasteiger partial charge in [-0.3, -0.25) is 14.5 Å². The van der Waals surface area contributed by atoms with Gasteiger partial charge in [0.2, 0.25) is 0 Å². The zero-order valence-electron chi connectivity index (χ0n) is 19.2. The summed E-state index contributed by atoms with van der Waals surface area (Å²) in [6, 6.07) is 19.6. The Bertz CT molecular complexity index is 1400. The molecule has 1 aliphatic heterocycles. The molecule has 36 heavy (non-hydrogen) atoms. The van der Waals surface area contributed by atoms with E-state index in [1.54, 1.807) is 54.6 Å². The van der Waals surface area contributed by atoms with Crippen LogP contribution < -0.4 is 9.47 Å². The zero-order chi connectivity index (χ0) is 25.7. The van der Waals surface area contributed by atoms with Crippen LogP contribution in [0.4, 0.5) is 4.79 Å². The van der Waals surface area contributed by atoms with E-state index in [2.05, 4.69) is 6.07 Å². The number of amides is 2. The van der Waals surface area contributed by atoms with Gasteiger partial charge >= 0.3 is 0 Å². The molecule has 1 saturated heterocycles. The lowest BCUT2D eigenvalue weighted by Gasteiger charge is -2.14. The fourth-order valence-electron chi connectivity index (χ4n) is 3.52. The Kier molecular flexibility index (Phi) is 8.21. The lowest BCUT2D eigenvalue weighted by atomic mass is 10.1. The number of nitrogens with zero attached hydrogens (tertiary/aromatic N) is 2. The molecule has 2 amide bonds. The first-order valence-corrected chi connectivity index (χ1v) is 12.5. The molecule has 3 aromatic carbocycles. The molecule has 0 radical (unpaired) electrons. The lowest BCUT2D eigenvalue weighted by molar-refractivity contribution is -0.123. The normalized spacial score (nSPS) is 14.3. The number of hydrogen-bond acceptors (Lipinski definition) is 6. The number of imide groups is 1. The summed E-state index contributed by atoms with van der Waals surface area (Å²) in [5, 5.41) is 9.78. The van der Waals surface area contributed by atoms with E-state index in [-0.39, 0.29) is 18.4 Å². The van der Waals surface area contributed by atoms with Gasteiger partial charge in [-0.2, -0.15) is 5.26 Å². The standard InChI is InChI=1S/C27H20Cl2N2O4S/c1-2-34-24-11-17(7-10-23(24)35-16-20-6-4-3-5-18(20)14-30)12-25-26(32)31(27(33)36-25)15-19-8-9-21(28)13-22(19)29/h3-13H,2,15-16H2,1H3/b25-12-. The predicted molar refractivity (Wildman–Crippen MR) is 141 cm³/mol. The van der Waals surface area contributed by atoms with Gasteiger partial charge in [-0.1, -0.05) is 53.5 Å². The summed E-state index contributed by atoms with van der Waals surface area (Å²) in [5.74, 6) is 0.600. The van der Waals surface area contributed by atoms with Gasteiger partial charge in [0.05, 0.1) is 29.7 Å². The predicted octanol–water partition coefficient (Wildman–Crippen LogP) is 7.08. The Hall–Kier alpha value is -3.44. The van der Waals surface area contributed by atoms with Crippen molar-refractivity contribution >= 4 is 52.2 Å². The average Bonchev–Trinajstić information content (AvgIpc) is 3.12. The van der Waals surface area contributed by atoms with Crippen molar-refractivity contribution < 1.29 is 19.1 Å². The minimum atomic E-state index is -0.401. The van der Waals surface area contributed by atoms with E-state index in [0.29, 0.717) is 49.7 Å². The second kappa shape index (κ2) is 11.5. The molecule has 4 rings (SSSR count). The van der Waals surface area contributed by atoms with Gasteiger partial charge in [0, 0.05) is 15.6 Å². The summed E-state index contributed by atoms with van der Waals surface area (Å²) in [6.07, 6.45) is 1.64. The number of halogens is 2. The number of nitriles is 1. The molecule has 182 valence electrons. The highest BCUT2D eigenvalue weighted by molar-refractivity contribution is 8.18. The minimum absolute atomic E-state index is 0.0547. The summed E-state index contributed by atoms with van der Waals surface area (Å²) in [7, 11) is 0. The van der Waals surface area contributed by atoms with E-state index in [1.165, 1.54) is 0 Å². The van der Waals surface area contributed by atoms with Crippen molar-refractivity contribution in [1.82, 2.24) is 4.90 Å². The first-order valence-electron chi connectivity index (χ1n) is 11.0. The number of rotatable bonds is 8. The molecule has 3 aromatic rings. The summed E-state index contributed by atoms with van der Waals surface area (Å²) >= 11 is 13.0. The fourth-order valence-corrected chi connectivity index (χ4v) is 4.83. The number of benzene rings is 3. The van der Waals surface area contributed by atoms with E-state index in [0.717, 1.165) is 22.2 Å². The van der Waals surface area contributed by atoms with Crippen molar-refractivity contribution in [3.8, 4) is 17.6 Å². The molecule has 6 nitrogen and oxygen atoms in total. The Labute approximate surface area is 223 Å². The van der Waals surface area contributed by atoms with Crippen molar-refractivity contribution in [1.29, 1.82) is 5.26 Å². The van der Waals surface area contributed by atoms with Crippen LogP contribution in [0.3, 0.4) is 0 Å². The summed E-state index contributed by atoms with van der Waals surface area (Å²) in [5.41, 5.74) is 2.62. The third-order valence-corrected chi connectivity index (χ3v) is 6.80. The first-order chi connectivity index (χ1) is 17.4. The molecule has 1 aliphatic rings. The minimum Gasteiger partial charge on any atom is -0.490 e. The Morgan fingerprint density at radius 1 is 1.00 bits per heavy atom. The van der Waals surface area contributed by atoms with Crippen molar-refractivity contribution in [2.75, 3.05) is 6.61 Å². The van der Waals surface area contributed by atoms with Gasteiger partial charge in [0.15, 0.2) is 11.5 Å². The first kappa shape index (κ1) is 25.6. The van der Waals surface area contributed by atoms with Gasteiger partial charge < -0.3 is 9.47 Å². The molecule has 0 atom stereocenters. The number of thioether (sulfide) groups is 1. The van der Waals surface area contributed by atoms with Crippen molar-refractivity contribution in [3.63, 3.8) is 0 Å². The van der Waals surface area contributed by atoms with Crippen LogP contribution >= 0.6 is 35.0 Å². The van der Waals surface area contributed by atoms with E-state index >= 15 is 0 Å². The van der Waals surface area contributed by atoms with E-state index in [9.17, 15) is 14.9 Å².